The average Bonchev–Trinajstić information content (AvgIpc) is 3.12. The van der Waals surface area contributed by atoms with E-state index in [0.29, 0.717) is 17.7 Å². The van der Waals surface area contributed by atoms with E-state index in [1.807, 2.05) is 0 Å². The molecule has 7 atom stereocenters. The third kappa shape index (κ3) is 6.37. The molecule has 298 valence electrons. The zero-order valence-electron chi connectivity index (χ0n) is 34.7. The Balaban J connectivity index is 1.11. The summed E-state index contributed by atoms with van der Waals surface area (Å²) in [5.74, 6) is -0.426. The number of nitrogens with one attached hydrogen (secondary N) is 1. The molecule has 4 saturated carbocycles. The van der Waals surface area contributed by atoms with Crippen molar-refractivity contribution in [2.24, 2.45) is 44.3 Å². The quantitative estimate of drug-likeness (QED) is 0.156. The first-order chi connectivity index (χ1) is 25.4. The van der Waals surface area contributed by atoms with E-state index in [9.17, 15) is 19.5 Å². The summed E-state index contributed by atoms with van der Waals surface area (Å²) in [5.41, 5.74) is 3.10. The molecule has 1 aromatic carbocycles. The number of allylic oxidation sites excluding steroid dienone is 1. The van der Waals surface area contributed by atoms with Gasteiger partial charge in [0.05, 0.1) is 16.5 Å². The van der Waals surface area contributed by atoms with Gasteiger partial charge in [-0.1, -0.05) is 71.7 Å². The van der Waals surface area contributed by atoms with E-state index in [4.69, 9.17) is 4.74 Å². The van der Waals surface area contributed by atoms with Gasteiger partial charge < -0.3 is 25.0 Å². The maximum absolute atomic E-state index is 14.5. The van der Waals surface area contributed by atoms with E-state index < -0.39 is 11.9 Å². The highest BCUT2D eigenvalue weighted by molar-refractivity contribution is 6.02. The van der Waals surface area contributed by atoms with E-state index >= 15 is 0 Å². The molecule has 1 aromatic rings. The number of ether oxygens (including phenoxy) is 1. The predicted molar refractivity (Wildman–Crippen MR) is 213 cm³/mol. The Morgan fingerprint density at radius 2 is 1.50 bits per heavy atom. The van der Waals surface area contributed by atoms with Crippen molar-refractivity contribution in [1.82, 2.24) is 15.1 Å². The van der Waals surface area contributed by atoms with Crippen molar-refractivity contribution in [2.45, 2.75) is 132 Å². The normalized spacial score (nSPS) is 37.6. The summed E-state index contributed by atoms with van der Waals surface area (Å²) in [6, 6.07) is 6.39. The molecule has 1 saturated heterocycles. The SMILES string of the molecule is CN1CCN(CCCNC(=O)[C@]23CCC(C)(C)CC2=C2CC[C@@H]4[C@@]5(C)CC[C@H](OC(=O)c6ccccc6C(=O)O)C(C)(C)[C@@H]5CC[C@@]4(C)[C@]2(C)CC3)CC1. The molecule has 5 aliphatic carbocycles. The van der Waals surface area contributed by atoms with Crippen LogP contribution in [-0.2, 0) is 9.53 Å². The number of rotatable bonds is 8. The highest BCUT2D eigenvalue weighted by Gasteiger charge is 2.68. The summed E-state index contributed by atoms with van der Waals surface area (Å²) in [7, 11) is 2.20. The van der Waals surface area contributed by atoms with Gasteiger partial charge in [-0.2, -0.15) is 0 Å². The zero-order valence-corrected chi connectivity index (χ0v) is 34.7. The van der Waals surface area contributed by atoms with Gasteiger partial charge in [-0.05, 0) is 136 Å². The van der Waals surface area contributed by atoms with Crippen LogP contribution in [0.3, 0.4) is 0 Å². The molecule has 6 aliphatic rings. The number of benzene rings is 1. The molecule has 0 unspecified atom stereocenters. The van der Waals surface area contributed by atoms with Gasteiger partial charge in [0.15, 0.2) is 0 Å². The minimum absolute atomic E-state index is 0.00805. The second-order valence-corrected chi connectivity index (χ2v) is 20.7. The Kier molecular flexibility index (Phi) is 10.3. The van der Waals surface area contributed by atoms with Crippen molar-refractivity contribution < 1.29 is 24.2 Å². The van der Waals surface area contributed by atoms with E-state index in [-0.39, 0.29) is 49.7 Å². The van der Waals surface area contributed by atoms with Gasteiger partial charge in [0.1, 0.15) is 6.10 Å². The summed E-state index contributed by atoms with van der Waals surface area (Å²) in [6.45, 7) is 23.5. The van der Waals surface area contributed by atoms with Crippen molar-refractivity contribution in [3.8, 4) is 0 Å². The Morgan fingerprint density at radius 3 is 2.20 bits per heavy atom. The third-order valence-electron chi connectivity index (χ3n) is 17.1. The van der Waals surface area contributed by atoms with E-state index in [1.165, 1.54) is 11.6 Å². The largest absolute Gasteiger partial charge is 0.478 e. The number of nitrogens with zero attached hydrogens (tertiary/aromatic N) is 2. The predicted octanol–water partition coefficient (Wildman–Crippen LogP) is 8.61. The minimum Gasteiger partial charge on any atom is -0.478 e. The van der Waals surface area contributed by atoms with Crippen LogP contribution in [0.1, 0.15) is 146 Å². The molecule has 54 heavy (non-hydrogen) atoms. The van der Waals surface area contributed by atoms with Crippen LogP contribution in [0.15, 0.2) is 35.4 Å². The second-order valence-electron chi connectivity index (χ2n) is 20.7. The molecule has 1 heterocycles. The Morgan fingerprint density at radius 1 is 0.815 bits per heavy atom. The van der Waals surface area contributed by atoms with Gasteiger partial charge in [-0.15, -0.1) is 0 Å². The van der Waals surface area contributed by atoms with Crippen molar-refractivity contribution in [3.05, 3.63) is 46.5 Å². The number of carbonyl (C=O) groups excluding carboxylic acids is 2. The fourth-order valence-corrected chi connectivity index (χ4v) is 13.6. The molecule has 0 radical (unpaired) electrons. The van der Waals surface area contributed by atoms with Gasteiger partial charge >= 0.3 is 11.9 Å². The Bertz CT molecular complexity index is 1680. The third-order valence-corrected chi connectivity index (χ3v) is 17.1. The lowest BCUT2D eigenvalue weighted by Crippen LogP contribution is -2.64. The van der Waals surface area contributed by atoms with Gasteiger partial charge in [-0.3, -0.25) is 4.79 Å². The molecular weight excluding hydrogens is 675 g/mol. The molecule has 8 nitrogen and oxygen atoms in total. The lowest BCUT2D eigenvalue weighted by molar-refractivity contribution is -0.205. The number of amides is 1. The van der Waals surface area contributed by atoms with Gasteiger partial charge in [0.25, 0.3) is 0 Å². The number of carbonyl (C=O) groups is 3. The first-order valence-electron chi connectivity index (χ1n) is 21.3. The molecule has 1 aliphatic heterocycles. The molecular formula is C46H69N3O5. The number of hydrogen-bond donors (Lipinski definition) is 2. The van der Waals surface area contributed by atoms with Gasteiger partial charge in [0.2, 0.25) is 5.91 Å². The number of carboxylic acids is 1. The molecule has 5 fully saturated rings. The Labute approximate surface area is 325 Å². The number of esters is 1. The maximum atomic E-state index is 14.5. The fraction of sp³-hybridized carbons (Fsp3) is 0.761. The van der Waals surface area contributed by atoms with Crippen LogP contribution in [0.25, 0.3) is 0 Å². The van der Waals surface area contributed by atoms with Gasteiger partial charge in [0, 0.05) is 38.1 Å². The van der Waals surface area contributed by atoms with Gasteiger partial charge in [-0.25, -0.2) is 9.59 Å². The van der Waals surface area contributed by atoms with Crippen LogP contribution in [0.5, 0.6) is 0 Å². The highest BCUT2D eigenvalue weighted by Crippen LogP contribution is 2.75. The van der Waals surface area contributed by atoms with Crippen molar-refractivity contribution >= 4 is 17.8 Å². The summed E-state index contributed by atoms with van der Waals surface area (Å²) in [5, 5.41) is 13.2. The molecule has 1 amide bonds. The highest BCUT2D eigenvalue weighted by atomic mass is 16.5. The van der Waals surface area contributed by atoms with Crippen LogP contribution >= 0.6 is 0 Å². The second kappa shape index (κ2) is 14.0. The van der Waals surface area contributed by atoms with Crippen molar-refractivity contribution in [2.75, 3.05) is 46.3 Å². The fourth-order valence-electron chi connectivity index (χ4n) is 13.6. The maximum Gasteiger partial charge on any atom is 0.339 e. The van der Waals surface area contributed by atoms with Crippen molar-refractivity contribution in [1.29, 1.82) is 0 Å². The zero-order chi connectivity index (χ0) is 38.9. The lowest BCUT2D eigenvalue weighted by Gasteiger charge is -2.71. The summed E-state index contributed by atoms with van der Waals surface area (Å²) < 4.78 is 6.27. The molecule has 0 aromatic heterocycles. The summed E-state index contributed by atoms with van der Waals surface area (Å²) in [6.07, 6.45) is 12.1. The summed E-state index contributed by atoms with van der Waals surface area (Å²) >= 11 is 0. The van der Waals surface area contributed by atoms with E-state index in [2.05, 4.69) is 70.6 Å². The van der Waals surface area contributed by atoms with E-state index in [1.54, 1.807) is 23.8 Å². The summed E-state index contributed by atoms with van der Waals surface area (Å²) in [4.78, 5) is 44.9. The number of aromatic carboxylic acids is 1. The van der Waals surface area contributed by atoms with E-state index in [0.717, 1.165) is 116 Å². The number of fused-ring (bicyclic) bond motifs is 6. The van der Waals surface area contributed by atoms with Crippen LogP contribution in [0.2, 0.25) is 0 Å². The smallest absolute Gasteiger partial charge is 0.339 e. The topological polar surface area (TPSA) is 99.2 Å². The number of hydrogen-bond acceptors (Lipinski definition) is 6. The number of likely N-dealkylation sites (N-methyl/N-ethyl adjacent to an activating group) is 1. The molecule has 7 rings (SSSR count). The number of carboxylic acid groups (broad SMARTS) is 1. The molecule has 0 spiro atoms. The van der Waals surface area contributed by atoms with Crippen LogP contribution in [0.4, 0.5) is 0 Å². The molecule has 2 N–H and O–H groups in total. The Hall–Kier alpha value is -2.71. The van der Waals surface area contributed by atoms with Crippen LogP contribution in [0, 0.1) is 44.3 Å². The first-order valence-corrected chi connectivity index (χ1v) is 21.3. The van der Waals surface area contributed by atoms with Crippen LogP contribution in [-0.4, -0.2) is 85.2 Å². The average molecular weight is 744 g/mol. The molecule has 8 heteroatoms. The monoisotopic (exact) mass is 744 g/mol. The first kappa shape index (κ1) is 39.5. The minimum atomic E-state index is -1.11. The van der Waals surface area contributed by atoms with Crippen molar-refractivity contribution in [3.63, 3.8) is 0 Å². The lowest BCUT2D eigenvalue weighted by atomic mass is 9.34. The van der Waals surface area contributed by atoms with Crippen LogP contribution < -0.4 is 5.32 Å². The number of piperazine rings is 1. The molecule has 0 bridgehead atoms. The standard InChI is InChI=1S/C46H69N3O5/c1-41(2)20-22-46(40(53)47-24-11-25-49-28-26-48(8)27-29-49)23-21-44(6)33(34(46)30-41)14-15-36-43(5)18-17-37(42(3,4)35(43)16-19-45(36,44)7)54-39(52)32-13-10-9-12-31(32)38(50)51/h9-10,12-13,35-37H,11,14-30H2,1-8H3,(H,47,53)(H,50,51)/t35-,36+,37-,43-,44+,45+,46-/m0/s1.